The SMILES string of the molecule is COCc1nsc(N2CC3CN(c4ccc(=O)n(C)n4)CC3C2)n1. The summed E-state index contributed by atoms with van der Waals surface area (Å²) < 4.78 is 10.8. The standard InChI is InChI=1S/C15H20N6O2S/c1-19-14(22)4-3-13(17-19)20-5-10-7-21(8-11(10)6-20)15-16-12(9-23-2)18-24-15/h3-4,10-11H,5-9H2,1-2H3. The highest BCUT2D eigenvalue weighted by Gasteiger charge is 2.41. The lowest BCUT2D eigenvalue weighted by molar-refractivity contribution is 0.179. The molecule has 9 heteroatoms. The average molecular weight is 348 g/mol. The second-order valence-corrected chi connectivity index (χ2v) is 7.14. The minimum absolute atomic E-state index is 0.0764. The summed E-state index contributed by atoms with van der Waals surface area (Å²) in [6.45, 7) is 4.39. The highest BCUT2D eigenvalue weighted by molar-refractivity contribution is 7.09. The van der Waals surface area contributed by atoms with E-state index >= 15 is 0 Å². The third kappa shape index (κ3) is 2.78. The Labute approximate surface area is 143 Å². The molecule has 2 aliphatic rings. The van der Waals surface area contributed by atoms with Gasteiger partial charge in [0.2, 0.25) is 5.13 Å². The van der Waals surface area contributed by atoms with Crippen molar-refractivity contribution in [3.05, 3.63) is 28.3 Å². The zero-order valence-electron chi connectivity index (χ0n) is 13.8. The van der Waals surface area contributed by atoms with E-state index in [2.05, 4.69) is 24.3 Å². The number of rotatable bonds is 4. The van der Waals surface area contributed by atoms with Gasteiger partial charge in [-0.3, -0.25) is 4.79 Å². The molecule has 0 aliphatic carbocycles. The van der Waals surface area contributed by atoms with Crippen LogP contribution in [0.1, 0.15) is 5.82 Å². The van der Waals surface area contributed by atoms with Gasteiger partial charge in [0, 0.05) is 69.8 Å². The van der Waals surface area contributed by atoms with Crippen molar-refractivity contribution in [2.45, 2.75) is 6.61 Å². The molecule has 0 amide bonds. The van der Waals surface area contributed by atoms with Gasteiger partial charge in [-0.15, -0.1) is 0 Å². The Balaban J connectivity index is 1.42. The Morgan fingerprint density at radius 1 is 1.21 bits per heavy atom. The summed E-state index contributed by atoms with van der Waals surface area (Å²) in [5, 5.41) is 5.35. The molecular formula is C15H20N6O2S. The molecule has 2 aromatic rings. The summed E-state index contributed by atoms with van der Waals surface area (Å²) in [6.07, 6.45) is 0. The maximum Gasteiger partial charge on any atom is 0.266 e. The van der Waals surface area contributed by atoms with Gasteiger partial charge >= 0.3 is 0 Å². The predicted octanol–water partition coefficient (Wildman–Crippen LogP) is 0.351. The molecule has 24 heavy (non-hydrogen) atoms. The van der Waals surface area contributed by atoms with Crippen LogP contribution < -0.4 is 15.4 Å². The minimum atomic E-state index is -0.0764. The summed E-state index contributed by atoms with van der Waals surface area (Å²) in [6, 6.07) is 3.41. The number of aromatic nitrogens is 4. The predicted molar refractivity (Wildman–Crippen MR) is 91.5 cm³/mol. The lowest BCUT2D eigenvalue weighted by Gasteiger charge is -2.21. The first-order valence-electron chi connectivity index (χ1n) is 8.00. The van der Waals surface area contributed by atoms with Crippen LogP contribution in [0.3, 0.4) is 0 Å². The molecule has 2 unspecified atom stereocenters. The molecule has 2 atom stereocenters. The Morgan fingerprint density at radius 3 is 2.58 bits per heavy atom. The lowest BCUT2D eigenvalue weighted by atomic mass is 10.0. The highest BCUT2D eigenvalue weighted by Crippen LogP contribution is 2.35. The van der Waals surface area contributed by atoms with Crippen molar-refractivity contribution < 1.29 is 4.74 Å². The molecule has 4 heterocycles. The van der Waals surface area contributed by atoms with E-state index in [1.807, 2.05) is 6.07 Å². The first-order valence-corrected chi connectivity index (χ1v) is 8.77. The molecule has 128 valence electrons. The zero-order valence-corrected chi connectivity index (χ0v) is 14.6. The number of hydrogen-bond acceptors (Lipinski definition) is 8. The molecule has 0 N–H and O–H groups in total. The van der Waals surface area contributed by atoms with Gasteiger partial charge in [0.25, 0.3) is 5.56 Å². The van der Waals surface area contributed by atoms with Crippen LogP contribution in [0.15, 0.2) is 16.9 Å². The van der Waals surface area contributed by atoms with E-state index < -0.39 is 0 Å². The zero-order chi connectivity index (χ0) is 16.7. The molecule has 0 aromatic carbocycles. The van der Waals surface area contributed by atoms with Crippen molar-refractivity contribution in [1.29, 1.82) is 0 Å². The highest BCUT2D eigenvalue weighted by atomic mass is 32.1. The van der Waals surface area contributed by atoms with Crippen LogP contribution in [-0.4, -0.2) is 52.4 Å². The summed E-state index contributed by atoms with van der Waals surface area (Å²) in [5.74, 6) is 2.83. The quantitative estimate of drug-likeness (QED) is 0.789. The maximum absolute atomic E-state index is 11.5. The number of anilines is 2. The van der Waals surface area contributed by atoms with E-state index in [4.69, 9.17) is 4.74 Å². The van der Waals surface area contributed by atoms with Crippen LogP contribution in [-0.2, 0) is 18.4 Å². The summed E-state index contributed by atoms with van der Waals surface area (Å²) in [7, 11) is 3.35. The smallest absolute Gasteiger partial charge is 0.266 e. The van der Waals surface area contributed by atoms with Crippen LogP contribution in [0, 0.1) is 11.8 Å². The molecule has 2 aliphatic heterocycles. The van der Waals surface area contributed by atoms with Crippen LogP contribution in [0.25, 0.3) is 0 Å². The van der Waals surface area contributed by atoms with Gasteiger partial charge in [-0.1, -0.05) is 0 Å². The Hall–Kier alpha value is -2.00. The van der Waals surface area contributed by atoms with Gasteiger partial charge in [0.1, 0.15) is 12.4 Å². The van der Waals surface area contributed by atoms with Crippen molar-refractivity contribution in [2.24, 2.45) is 18.9 Å². The maximum atomic E-state index is 11.5. The van der Waals surface area contributed by atoms with Gasteiger partial charge < -0.3 is 14.5 Å². The second kappa shape index (κ2) is 6.14. The van der Waals surface area contributed by atoms with Crippen molar-refractivity contribution in [3.63, 3.8) is 0 Å². The molecule has 2 fully saturated rings. The molecule has 0 radical (unpaired) electrons. The van der Waals surface area contributed by atoms with Gasteiger partial charge in [-0.25, -0.2) is 9.67 Å². The van der Waals surface area contributed by atoms with E-state index in [-0.39, 0.29) is 5.56 Å². The number of nitrogens with zero attached hydrogens (tertiary/aromatic N) is 6. The largest absolute Gasteiger partial charge is 0.377 e. The topological polar surface area (TPSA) is 76.4 Å². The third-order valence-corrected chi connectivity index (χ3v) is 5.57. The molecule has 0 spiro atoms. The van der Waals surface area contributed by atoms with Gasteiger partial charge in [0.15, 0.2) is 5.82 Å². The van der Waals surface area contributed by atoms with E-state index in [0.29, 0.717) is 18.4 Å². The average Bonchev–Trinajstić information content (AvgIpc) is 3.24. The second-order valence-electron chi connectivity index (χ2n) is 6.41. The monoisotopic (exact) mass is 348 g/mol. The summed E-state index contributed by atoms with van der Waals surface area (Å²) in [5.41, 5.74) is -0.0764. The number of fused-ring (bicyclic) bond motifs is 1. The molecule has 2 aromatic heterocycles. The molecule has 0 bridgehead atoms. The molecule has 8 nitrogen and oxygen atoms in total. The Kier molecular flexibility index (Phi) is 3.97. The number of ether oxygens (including phenoxy) is 1. The van der Waals surface area contributed by atoms with Crippen molar-refractivity contribution in [3.8, 4) is 0 Å². The van der Waals surface area contributed by atoms with E-state index in [1.54, 1.807) is 20.2 Å². The van der Waals surface area contributed by atoms with Crippen LogP contribution >= 0.6 is 11.5 Å². The van der Waals surface area contributed by atoms with E-state index in [0.717, 1.165) is 43.0 Å². The minimum Gasteiger partial charge on any atom is -0.377 e. The lowest BCUT2D eigenvalue weighted by Crippen LogP contribution is -2.30. The first-order chi connectivity index (χ1) is 11.6. The number of methoxy groups -OCH3 is 1. The van der Waals surface area contributed by atoms with Crippen LogP contribution in [0.2, 0.25) is 0 Å². The Morgan fingerprint density at radius 2 is 1.92 bits per heavy atom. The molecule has 2 saturated heterocycles. The van der Waals surface area contributed by atoms with E-state index in [9.17, 15) is 4.79 Å². The number of aryl methyl sites for hydroxylation is 1. The first kappa shape index (κ1) is 15.5. The molecular weight excluding hydrogens is 328 g/mol. The number of hydrogen-bond donors (Lipinski definition) is 0. The van der Waals surface area contributed by atoms with Crippen molar-refractivity contribution in [1.82, 2.24) is 19.1 Å². The molecule has 4 rings (SSSR count). The fourth-order valence-corrected chi connectivity index (χ4v) is 4.25. The fraction of sp³-hybridized carbons (Fsp3) is 0.600. The van der Waals surface area contributed by atoms with Crippen LogP contribution in [0.4, 0.5) is 10.9 Å². The van der Waals surface area contributed by atoms with Crippen molar-refractivity contribution in [2.75, 3.05) is 43.1 Å². The fourth-order valence-electron chi connectivity index (χ4n) is 3.56. The normalized spacial score (nSPS) is 23.1. The van der Waals surface area contributed by atoms with E-state index in [1.165, 1.54) is 16.2 Å². The summed E-state index contributed by atoms with van der Waals surface area (Å²) in [4.78, 5) is 20.6. The van der Waals surface area contributed by atoms with Gasteiger partial charge in [-0.05, 0) is 6.07 Å². The van der Waals surface area contributed by atoms with Crippen molar-refractivity contribution >= 4 is 22.5 Å². The third-order valence-electron chi connectivity index (χ3n) is 4.76. The van der Waals surface area contributed by atoms with Gasteiger partial charge in [-0.2, -0.15) is 9.47 Å². The molecule has 0 saturated carbocycles. The van der Waals surface area contributed by atoms with Crippen LogP contribution in [0.5, 0.6) is 0 Å². The Bertz CT molecular complexity index is 776. The van der Waals surface area contributed by atoms with Gasteiger partial charge in [0.05, 0.1) is 0 Å². The summed E-state index contributed by atoms with van der Waals surface area (Å²) >= 11 is 1.45.